The lowest BCUT2D eigenvalue weighted by Crippen LogP contribution is -2.13. The van der Waals surface area contributed by atoms with Crippen molar-refractivity contribution in [2.45, 2.75) is 46.0 Å². The zero-order valence-electron chi connectivity index (χ0n) is 14.7. The number of hydrogen-bond donors (Lipinski definition) is 1. The first-order chi connectivity index (χ1) is 12.1. The predicted octanol–water partition coefficient (Wildman–Crippen LogP) is 3.87. The first kappa shape index (κ1) is 15.8. The molecule has 0 saturated heterocycles. The molecule has 2 heterocycles. The molecule has 3 aromatic rings. The first-order valence-corrected chi connectivity index (χ1v) is 8.86. The number of aryl methyl sites for hydroxylation is 4. The summed E-state index contributed by atoms with van der Waals surface area (Å²) in [4.78, 5) is 17.3. The molecule has 0 fully saturated rings. The van der Waals surface area contributed by atoms with E-state index >= 15 is 0 Å². The quantitative estimate of drug-likeness (QED) is 0.724. The van der Waals surface area contributed by atoms with Crippen molar-refractivity contribution in [3.63, 3.8) is 0 Å². The average Bonchev–Trinajstić information content (AvgIpc) is 2.88. The van der Waals surface area contributed by atoms with E-state index in [0.717, 1.165) is 30.5 Å². The highest BCUT2D eigenvalue weighted by molar-refractivity contribution is 6.08. The van der Waals surface area contributed by atoms with Crippen LogP contribution in [0.25, 0.3) is 5.65 Å². The molecule has 1 N–H and O–H groups in total. The van der Waals surface area contributed by atoms with E-state index in [9.17, 15) is 4.79 Å². The van der Waals surface area contributed by atoms with E-state index in [1.807, 2.05) is 36.7 Å². The third-order valence-corrected chi connectivity index (χ3v) is 4.95. The number of nitrogens with zero attached hydrogens (tertiary/aromatic N) is 3. The van der Waals surface area contributed by atoms with Crippen LogP contribution in [0, 0.1) is 13.8 Å². The van der Waals surface area contributed by atoms with E-state index in [1.54, 1.807) is 6.20 Å². The monoisotopic (exact) mass is 334 g/mol. The van der Waals surface area contributed by atoms with Crippen molar-refractivity contribution in [2.24, 2.45) is 0 Å². The molecule has 1 amide bonds. The lowest BCUT2D eigenvalue weighted by Gasteiger charge is -2.09. The van der Waals surface area contributed by atoms with Crippen molar-refractivity contribution in [3.05, 3.63) is 58.5 Å². The van der Waals surface area contributed by atoms with Crippen LogP contribution in [0.5, 0.6) is 0 Å². The minimum atomic E-state index is -0.164. The Kier molecular flexibility index (Phi) is 3.99. The number of hydrogen-bond acceptors (Lipinski definition) is 3. The van der Waals surface area contributed by atoms with Gasteiger partial charge in [-0.1, -0.05) is 24.1 Å². The standard InChI is InChI=1S/C20H22N4O/c1-13-8-9-17(14(2)10-13)23-20(25)16-12-22-24-18-7-5-3-4-6-15(18)11-21-19(16)24/h8-12H,3-7H2,1-2H3,(H,23,25). The van der Waals surface area contributed by atoms with Gasteiger partial charge in [-0.15, -0.1) is 0 Å². The van der Waals surface area contributed by atoms with Gasteiger partial charge in [0, 0.05) is 17.6 Å². The van der Waals surface area contributed by atoms with E-state index in [4.69, 9.17) is 0 Å². The molecule has 2 aromatic heterocycles. The molecule has 25 heavy (non-hydrogen) atoms. The predicted molar refractivity (Wildman–Crippen MR) is 98.1 cm³/mol. The molecular formula is C20H22N4O. The Morgan fingerprint density at radius 2 is 1.96 bits per heavy atom. The Hall–Kier alpha value is -2.69. The molecule has 0 atom stereocenters. The van der Waals surface area contributed by atoms with Crippen molar-refractivity contribution in [1.29, 1.82) is 0 Å². The number of carbonyl (C=O) groups excluding carboxylic acids is 1. The number of carbonyl (C=O) groups is 1. The highest BCUT2D eigenvalue weighted by Crippen LogP contribution is 2.23. The van der Waals surface area contributed by atoms with E-state index < -0.39 is 0 Å². The summed E-state index contributed by atoms with van der Waals surface area (Å²) >= 11 is 0. The molecule has 1 aliphatic carbocycles. The molecule has 0 unspecified atom stereocenters. The average molecular weight is 334 g/mol. The molecule has 1 aliphatic rings. The number of amides is 1. The second-order valence-electron chi connectivity index (χ2n) is 6.86. The fourth-order valence-corrected chi connectivity index (χ4v) is 3.58. The maximum absolute atomic E-state index is 12.8. The molecule has 0 radical (unpaired) electrons. The third kappa shape index (κ3) is 2.90. The van der Waals surface area contributed by atoms with Crippen LogP contribution >= 0.6 is 0 Å². The van der Waals surface area contributed by atoms with E-state index in [2.05, 4.69) is 21.5 Å². The minimum absolute atomic E-state index is 0.164. The number of anilines is 1. The highest BCUT2D eigenvalue weighted by Gasteiger charge is 2.19. The van der Waals surface area contributed by atoms with E-state index in [1.165, 1.54) is 29.7 Å². The summed E-state index contributed by atoms with van der Waals surface area (Å²) in [5.41, 5.74) is 6.67. The number of nitrogens with one attached hydrogen (secondary N) is 1. The fraction of sp³-hybridized carbons (Fsp3) is 0.350. The SMILES string of the molecule is Cc1ccc(NC(=O)c2cnn3c4c(cnc23)CCCCC4)c(C)c1. The molecule has 0 bridgehead atoms. The first-order valence-electron chi connectivity index (χ1n) is 8.86. The van der Waals surface area contributed by atoms with Crippen LogP contribution in [-0.4, -0.2) is 20.5 Å². The third-order valence-electron chi connectivity index (χ3n) is 4.95. The van der Waals surface area contributed by atoms with Crippen molar-refractivity contribution < 1.29 is 4.79 Å². The zero-order valence-corrected chi connectivity index (χ0v) is 14.7. The maximum atomic E-state index is 12.8. The lowest BCUT2D eigenvalue weighted by molar-refractivity contribution is 0.102. The summed E-state index contributed by atoms with van der Waals surface area (Å²) in [7, 11) is 0. The van der Waals surface area contributed by atoms with Gasteiger partial charge in [-0.05, 0) is 56.7 Å². The second-order valence-corrected chi connectivity index (χ2v) is 6.86. The topological polar surface area (TPSA) is 59.3 Å². The number of aromatic nitrogens is 3. The van der Waals surface area contributed by atoms with Crippen LogP contribution < -0.4 is 5.32 Å². The largest absolute Gasteiger partial charge is 0.322 e. The van der Waals surface area contributed by atoms with Crippen molar-refractivity contribution >= 4 is 17.2 Å². The van der Waals surface area contributed by atoms with Crippen molar-refractivity contribution in [1.82, 2.24) is 14.6 Å². The van der Waals surface area contributed by atoms with Gasteiger partial charge in [0.15, 0.2) is 5.65 Å². The van der Waals surface area contributed by atoms with Gasteiger partial charge in [-0.2, -0.15) is 5.10 Å². The minimum Gasteiger partial charge on any atom is -0.322 e. The lowest BCUT2D eigenvalue weighted by atomic mass is 10.1. The molecule has 0 spiro atoms. The van der Waals surface area contributed by atoms with E-state index in [-0.39, 0.29) is 5.91 Å². The molecule has 0 saturated carbocycles. The number of benzene rings is 1. The summed E-state index contributed by atoms with van der Waals surface area (Å²) in [6, 6.07) is 5.99. The summed E-state index contributed by atoms with van der Waals surface area (Å²) in [5.74, 6) is -0.164. The Bertz CT molecular complexity index is 958. The Morgan fingerprint density at radius 1 is 1.12 bits per heavy atom. The van der Waals surface area contributed by atoms with Crippen LogP contribution in [0.4, 0.5) is 5.69 Å². The number of fused-ring (bicyclic) bond motifs is 3. The molecule has 0 aliphatic heterocycles. The van der Waals surface area contributed by atoms with Crippen LogP contribution in [-0.2, 0) is 12.8 Å². The van der Waals surface area contributed by atoms with Gasteiger partial charge in [0.2, 0.25) is 0 Å². The summed E-state index contributed by atoms with van der Waals surface area (Å²) in [6.07, 6.45) is 9.18. The highest BCUT2D eigenvalue weighted by atomic mass is 16.1. The van der Waals surface area contributed by atoms with Gasteiger partial charge >= 0.3 is 0 Å². The molecule has 128 valence electrons. The number of rotatable bonds is 2. The molecule has 1 aromatic carbocycles. The van der Waals surface area contributed by atoms with Gasteiger partial charge in [-0.25, -0.2) is 9.50 Å². The molecular weight excluding hydrogens is 312 g/mol. The molecule has 5 nitrogen and oxygen atoms in total. The Balaban J connectivity index is 1.69. The van der Waals surface area contributed by atoms with Crippen LogP contribution in [0.15, 0.2) is 30.6 Å². The van der Waals surface area contributed by atoms with Crippen molar-refractivity contribution in [2.75, 3.05) is 5.32 Å². The summed E-state index contributed by atoms with van der Waals surface area (Å²) < 4.78 is 1.86. The smallest absolute Gasteiger partial charge is 0.261 e. The maximum Gasteiger partial charge on any atom is 0.261 e. The zero-order chi connectivity index (χ0) is 17.4. The van der Waals surface area contributed by atoms with E-state index in [0.29, 0.717) is 11.2 Å². The summed E-state index contributed by atoms with van der Waals surface area (Å²) in [6.45, 7) is 4.04. The van der Waals surface area contributed by atoms with Gasteiger partial charge in [0.05, 0.1) is 6.20 Å². The van der Waals surface area contributed by atoms with Gasteiger partial charge in [0.25, 0.3) is 5.91 Å². The Labute approximate surface area is 147 Å². The fourth-order valence-electron chi connectivity index (χ4n) is 3.58. The second kappa shape index (κ2) is 6.31. The normalized spacial score (nSPS) is 14.2. The van der Waals surface area contributed by atoms with Crippen molar-refractivity contribution in [3.8, 4) is 0 Å². The van der Waals surface area contributed by atoms with Crippen LogP contribution in [0.1, 0.15) is 52.0 Å². The summed E-state index contributed by atoms with van der Waals surface area (Å²) in [5, 5.41) is 7.46. The van der Waals surface area contributed by atoms with Crippen LogP contribution in [0.2, 0.25) is 0 Å². The van der Waals surface area contributed by atoms with Gasteiger partial charge in [-0.3, -0.25) is 4.79 Å². The van der Waals surface area contributed by atoms with Gasteiger partial charge < -0.3 is 5.32 Å². The molecule has 5 heteroatoms. The van der Waals surface area contributed by atoms with Gasteiger partial charge in [0.1, 0.15) is 5.56 Å². The molecule has 4 rings (SSSR count). The van der Waals surface area contributed by atoms with Crippen LogP contribution in [0.3, 0.4) is 0 Å². The Morgan fingerprint density at radius 3 is 2.80 bits per heavy atom.